The third-order valence-electron chi connectivity index (χ3n) is 5.73. The van der Waals surface area contributed by atoms with Crippen LogP contribution in [0.25, 0.3) is 0 Å². The number of benzene rings is 2. The molecule has 28 heavy (non-hydrogen) atoms. The van der Waals surface area contributed by atoms with Crippen molar-refractivity contribution in [3.05, 3.63) is 59.7 Å². The van der Waals surface area contributed by atoms with E-state index in [1.165, 1.54) is 6.42 Å². The van der Waals surface area contributed by atoms with E-state index in [1.54, 1.807) is 12.0 Å². The Balaban J connectivity index is 1.68. The quantitative estimate of drug-likeness (QED) is 0.862. The summed E-state index contributed by atoms with van der Waals surface area (Å²) in [5, 5.41) is 3.21. The molecular formula is C23H26N2O3. The Kier molecular flexibility index (Phi) is 5.33. The predicted octanol–water partition coefficient (Wildman–Crippen LogP) is 3.77. The lowest BCUT2D eigenvalue weighted by Crippen LogP contribution is -2.46. The minimum Gasteiger partial charge on any atom is -0.497 e. The van der Waals surface area contributed by atoms with Gasteiger partial charge in [0, 0.05) is 11.7 Å². The van der Waals surface area contributed by atoms with Gasteiger partial charge in [0.05, 0.1) is 13.5 Å². The Labute approximate surface area is 165 Å². The molecule has 5 nitrogen and oxygen atoms in total. The molecule has 2 aliphatic rings. The molecule has 1 saturated carbocycles. The second kappa shape index (κ2) is 8.05. The highest BCUT2D eigenvalue weighted by Gasteiger charge is 2.38. The highest BCUT2D eigenvalue weighted by molar-refractivity contribution is 6.07. The molecule has 0 aromatic heterocycles. The van der Waals surface area contributed by atoms with Crippen LogP contribution in [0.5, 0.6) is 5.75 Å². The summed E-state index contributed by atoms with van der Waals surface area (Å²) in [6.45, 7) is 0. The average Bonchev–Trinajstić information content (AvgIpc) is 3.04. The largest absolute Gasteiger partial charge is 0.497 e. The molecule has 1 fully saturated rings. The van der Waals surface area contributed by atoms with E-state index in [4.69, 9.17) is 4.74 Å². The van der Waals surface area contributed by atoms with Crippen molar-refractivity contribution in [1.82, 2.24) is 5.32 Å². The number of carbonyl (C=O) groups is 2. The van der Waals surface area contributed by atoms with Crippen LogP contribution in [0.2, 0.25) is 0 Å². The summed E-state index contributed by atoms with van der Waals surface area (Å²) in [6.07, 6.45) is 5.82. The number of anilines is 1. The van der Waals surface area contributed by atoms with Gasteiger partial charge in [0.1, 0.15) is 11.8 Å². The van der Waals surface area contributed by atoms with E-state index in [0.717, 1.165) is 48.2 Å². The smallest absolute Gasteiger partial charge is 0.248 e. The van der Waals surface area contributed by atoms with Gasteiger partial charge in [-0.15, -0.1) is 0 Å². The van der Waals surface area contributed by atoms with Crippen LogP contribution in [0, 0.1) is 0 Å². The van der Waals surface area contributed by atoms with Crippen LogP contribution in [0.15, 0.2) is 48.5 Å². The molecule has 2 amide bonds. The Bertz CT molecular complexity index is 859. The zero-order valence-corrected chi connectivity index (χ0v) is 16.2. The molecule has 0 spiro atoms. The maximum absolute atomic E-state index is 13.3. The average molecular weight is 378 g/mol. The van der Waals surface area contributed by atoms with Gasteiger partial charge in [0.15, 0.2) is 0 Å². The van der Waals surface area contributed by atoms with Gasteiger partial charge in [-0.25, -0.2) is 0 Å². The van der Waals surface area contributed by atoms with Gasteiger partial charge in [-0.1, -0.05) is 49.6 Å². The zero-order valence-electron chi connectivity index (χ0n) is 16.2. The maximum atomic E-state index is 13.3. The molecule has 0 bridgehead atoms. The Hall–Kier alpha value is -2.82. The molecule has 1 aliphatic heterocycles. The second-order valence-corrected chi connectivity index (χ2v) is 7.59. The predicted molar refractivity (Wildman–Crippen MR) is 108 cm³/mol. The van der Waals surface area contributed by atoms with E-state index in [9.17, 15) is 9.59 Å². The fourth-order valence-corrected chi connectivity index (χ4v) is 4.31. The van der Waals surface area contributed by atoms with Gasteiger partial charge in [0.25, 0.3) is 0 Å². The number of nitrogens with one attached hydrogen (secondary N) is 1. The van der Waals surface area contributed by atoms with Crippen molar-refractivity contribution in [3.8, 4) is 5.75 Å². The summed E-state index contributed by atoms with van der Waals surface area (Å²) in [5.41, 5.74) is 2.52. The molecule has 1 N–H and O–H groups in total. The van der Waals surface area contributed by atoms with E-state index in [-0.39, 0.29) is 24.3 Å². The Morgan fingerprint density at radius 1 is 1.11 bits per heavy atom. The maximum Gasteiger partial charge on any atom is 0.248 e. The van der Waals surface area contributed by atoms with Crippen molar-refractivity contribution in [2.75, 3.05) is 12.0 Å². The van der Waals surface area contributed by atoms with Crippen LogP contribution in [-0.4, -0.2) is 25.0 Å². The third kappa shape index (κ3) is 3.61. The van der Waals surface area contributed by atoms with Crippen LogP contribution in [0.4, 0.5) is 5.69 Å². The number of rotatable bonds is 5. The van der Waals surface area contributed by atoms with Gasteiger partial charge in [0.2, 0.25) is 11.8 Å². The molecule has 146 valence electrons. The molecule has 2 aromatic carbocycles. The lowest BCUT2D eigenvalue weighted by molar-refractivity contribution is -0.126. The van der Waals surface area contributed by atoms with Crippen LogP contribution >= 0.6 is 0 Å². The number of nitrogens with zero attached hydrogens (tertiary/aromatic N) is 1. The Morgan fingerprint density at radius 2 is 1.86 bits per heavy atom. The van der Waals surface area contributed by atoms with E-state index in [0.29, 0.717) is 0 Å². The van der Waals surface area contributed by atoms with E-state index >= 15 is 0 Å². The van der Waals surface area contributed by atoms with Gasteiger partial charge in [-0.3, -0.25) is 14.5 Å². The minimum absolute atomic E-state index is 0.0594. The van der Waals surface area contributed by atoms with Crippen molar-refractivity contribution in [1.29, 1.82) is 0 Å². The third-order valence-corrected chi connectivity index (χ3v) is 5.73. The first-order valence-electron chi connectivity index (χ1n) is 10.0. The van der Waals surface area contributed by atoms with E-state index in [1.807, 2.05) is 48.5 Å². The zero-order chi connectivity index (χ0) is 19.5. The fraction of sp³-hybridized carbons (Fsp3) is 0.391. The number of fused-ring (bicyclic) bond motifs is 1. The van der Waals surface area contributed by atoms with Crippen molar-refractivity contribution < 1.29 is 14.3 Å². The standard InChI is InChI=1S/C23H26N2O3/c1-28-19-12-13-20-17(14-19)15-21(26)25(20)22(16-8-4-2-5-9-16)23(27)24-18-10-6-3-7-11-18/h2,4-5,8-9,12-14,18,22H,3,6-7,10-11,15H2,1H3,(H,24,27). The number of amides is 2. The van der Waals surface area contributed by atoms with E-state index in [2.05, 4.69) is 5.32 Å². The molecule has 1 unspecified atom stereocenters. The monoisotopic (exact) mass is 378 g/mol. The van der Waals surface area contributed by atoms with Gasteiger partial charge in [-0.2, -0.15) is 0 Å². The van der Waals surface area contributed by atoms with Crippen molar-refractivity contribution >= 4 is 17.5 Å². The second-order valence-electron chi connectivity index (χ2n) is 7.59. The molecule has 1 atom stereocenters. The van der Waals surface area contributed by atoms with Crippen LogP contribution in [-0.2, 0) is 16.0 Å². The van der Waals surface area contributed by atoms with Crippen LogP contribution in [0.1, 0.15) is 49.3 Å². The summed E-state index contributed by atoms with van der Waals surface area (Å²) in [4.78, 5) is 28.0. The van der Waals surface area contributed by atoms with Gasteiger partial charge in [-0.05, 0) is 42.2 Å². The molecule has 0 saturated heterocycles. The highest BCUT2D eigenvalue weighted by atomic mass is 16.5. The van der Waals surface area contributed by atoms with E-state index < -0.39 is 6.04 Å². The number of ether oxygens (including phenoxy) is 1. The first-order chi connectivity index (χ1) is 13.7. The first-order valence-corrected chi connectivity index (χ1v) is 10.0. The number of methoxy groups -OCH3 is 1. The molecule has 5 heteroatoms. The topological polar surface area (TPSA) is 58.6 Å². The summed E-state index contributed by atoms with van der Waals surface area (Å²) in [7, 11) is 1.61. The lowest BCUT2D eigenvalue weighted by Gasteiger charge is -2.31. The SMILES string of the molecule is COc1ccc2c(c1)CC(=O)N2C(C(=O)NC1CCCCC1)c1ccccc1. The number of hydrogen-bond acceptors (Lipinski definition) is 3. The van der Waals surface area contributed by atoms with Gasteiger partial charge >= 0.3 is 0 Å². The van der Waals surface area contributed by atoms with Crippen LogP contribution in [0.3, 0.4) is 0 Å². The first kappa shape index (κ1) is 18.5. The molecule has 0 radical (unpaired) electrons. The summed E-state index contributed by atoms with van der Waals surface area (Å²) in [6, 6.07) is 14.7. The van der Waals surface area contributed by atoms with Crippen molar-refractivity contribution in [2.24, 2.45) is 0 Å². The number of hydrogen-bond donors (Lipinski definition) is 1. The van der Waals surface area contributed by atoms with Gasteiger partial charge < -0.3 is 10.1 Å². The molecule has 1 heterocycles. The normalized spacial score (nSPS) is 17.9. The van der Waals surface area contributed by atoms with Crippen molar-refractivity contribution in [3.63, 3.8) is 0 Å². The minimum atomic E-state index is -0.662. The highest BCUT2D eigenvalue weighted by Crippen LogP contribution is 2.38. The van der Waals surface area contributed by atoms with Crippen molar-refractivity contribution in [2.45, 2.75) is 50.6 Å². The molecule has 1 aliphatic carbocycles. The lowest BCUT2D eigenvalue weighted by atomic mass is 9.94. The number of carbonyl (C=O) groups excluding carboxylic acids is 2. The summed E-state index contributed by atoms with van der Waals surface area (Å²) >= 11 is 0. The summed E-state index contributed by atoms with van der Waals surface area (Å²) in [5.74, 6) is 0.558. The molecular weight excluding hydrogens is 352 g/mol. The van der Waals surface area contributed by atoms with Crippen LogP contribution < -0.4 is 15.0 Å². The summed E-state index contributed by atoms with van der Waals surface area (Å²) < 4.78 is 5.29. The molecule has 4 rings (SSSR count). The fourth-order valence-electron chi connectivity index (χ4n) is 4.31. The molecule has 2 aromatic rings. The Morgan fingerprint density at radius 3 is 2.57 bits per heavy atom.